The third kappa shape index (κ3) is 2.13. The van der Waals surface area contributed by atoms with Crippen molar-refractivity contribution in [1.82, 2.24) is 9.55 Å². The summed E-state index contributed by atoms with van der Waals surface area (Å²) in [7, 11) is 0. The first-order valence-corrected chi connectivity index (χ1v) is 8.28. The van der Waals surface area contributed by atoms with Crippen molar-refractivity contribution in [1.29, 1.82) is 5.26 Å². The molecule has 0 bridgehead atoms. The van der Waals surface area contributed by atoms with Gasteiger partial charge in [0.1, 0.15) is 11.6 Å². The average molecular weight is 301 g/mol. The molecule has 1 aliphatic heterocycles. The third-order valence-corrected chi connectivity index (χ3v) is 4.86. The van der Waals surface area contributed by atoms with Crippen molar-refractivity contribution in [3.63, 3.8) is 0 Å². The van der Waals surface area contributed by atoms with Gasteiger partial charge in [0.15, 0.2) is 5.16 Å². The van der Waals surface area contributed by atoms with Crippen molar-refractivity contribution >= 4 is 23.5 Å². The highest BCUT2D eigenvalue weighted by atomic mass is 32.2. The Balaban J connectivity index is 2.20. The number of thioether (sulfide) groups is 2. The summed E-state index contributed by atoms with van der Waals surface area (Å²) in [6.07, 6.45) is 2.01. The second-order valence-corrected chi connectivity index (χ2v) is 6.21. The zero-order valence-corrected chi connectivity index (χ0v) is 12.4. The molecule has 0 radical (unpaired) electrons. The van der Waals surface area contributed by atoms with E-state index in [-0.39, 0.29) is 11.1 Å². The van der Waals surface area contributed by atoms with E-state index in [1.165, 1.54) is 0 Å². The molecule has 2 heterocycles. The zero-order valence-electron chi connectivity index (χ0n) is 10.8. The first-order chi connectivity index (χ1) is 9.74. The summed E-state index contributed by atoms with van der Waals surface area (Å²) in [5.74, 6) is 0.835. The number of fused-ring (bicyclic) bond motifs is 1. The fourth-order valence-corrected chi connectivity index (χ4v) is 3.48. The van der Waals surface area contributed by atoms with Gasteiger partial charge in [0.2, 0.25) is 0 Å². The summed E-state index contributed by atoms with van der Waals surface area (Å²) in [6.45, 7) is 0.631. The minimum absolute atomic E-state index is 0.133. The van der Waals surface area contributed by atoms with Gasteiger partial charge in [-0.15, -0.1) is 11.8 Å². The van der Waals surface area contributed by atoms with E-state index < -0.39 is 0 Å². The number of nitriles is 1. The van der Waals surface area contributed by atoms with E-state index in [0.29, 0.717) is 17.4 Å². The molecule has 0 aliphatic carbocycles. The Morgan fingerprint density at radius 2 is 2.15 bits per heavy atom. The third-order valence-electron chi connectivity index (χ3n) is 3.16. The molecule has 0 saturated carbocycles. The van der Waals surface area contributed by atoms with Gasteiger partial charge in [-0.2, -0.15) is 5.26 Å². The molecule has 0 atom stereocenters. The predicted molar refractivity (Wildman–Crippen MR) is 81.2 cm³/mol. The second kappa shape index (κ2) is 5.35. The molecule has 100 valence electrons. The van der Waals surface area contributed by atoms with E-state index in [4.69, 9.17) is 0 Å². The van der Waals surface area contributed by atoms with E-state index >= 15 is 0 Å². The van der Waals surface area contributed by atoms with Crippen molar-refractivity contribution in [3.8, 4) is 17.3 Å². The second-order valence-electron chi connectivity index (χ2n) is 4.26. The summed E-state index contributed by atoms with van der Waals surface area (Å²) < 4.78 is 1.59. The van der Waals surface area contributed by atoms with Gasteiger partial charge in [-0.25, -0.2) is 4.98 Å². The lowest BCUT2D eigenvalue weighted by Crippen LogP contribution is -2.24. The van der Waals surface area contributed by atoms with Crippen LogP contribution in [0.1, 0.15) is 5.56 Å². The van der Waals surface area contributed by atoms with Crippen LogP contribution in [0.25, 0.3) is 11.3 Å². The summed E-state index contributed by atoms with van der Waals surface area (Å²) in [5.41, 5.74) is 1.21. The zero-order chi connectivity index (χ0) is 14.1. The number of hydrogen-bond donors (Lipinski definition) is 0. The molecule has 20 heavy (non-hydrogen) atoms. The van der Waals surface area contributed by atoms with Gasteiger partial charge >= 0.3 is 0 Å². The molecule has 0 N–H and O–H groups in total. The molecule has 1 aromatic carbocycles. The van der Waals surface area contributed by atoms with E-state index in [0.717, 1.165) is 16.2 Å². The van der Waals surface area contributed by atoms with Gasteiger partial charge in [-0.1, -0.05) is 23.9 Å². The molecule has 0 amide bonds. The molecule has 1 aliphatic rings. The Bertz CT molecular complexity index is 760. The topological polar surface area (TPSA) is 58.7 Å². The number of aromatic nitrogens is 2. The number of hydrogen-bond acceptors (Lipinski definition) is 5. The fourth-order valence-electron chi connectivity index (χ4n) is 2.13. The Hall–Kier alpha value is -1.71. The molecular formula is C14H11N3OS2. The van der Waals surface area contributed by atoms with E-state index in [9.17, 15) is 10.1 Å². The van der Waals surface area contributed by atoms with Crippen molar-refractivity contribution in [2.24, 2.45) is 0 Å². The van der Waals surface area contributed by atoms with Crippen LogP contribution in [-0.2, 0) is 6.54 Å². The lowest BCUT2D eigenvalue weighted by Gasteiger charge is -2.08. The van der Waals surface area contributed by atoms with E-state index in [1.54, 1.807) is 28.1 Å². The number of nitrogens with zero attached hydrogens (tertiary/aromatic N) is 3. The van der Waals surface area contributed by atoms with E-state index in [2.05, 4.69) is 4.98 Å². The minimum Gasteiger partial charge on any atom is -0.286 e. The smallest absolute Gasteiger partial charge is 0.272 e. The highest BCUT2D eigenvalue weighted by Gasteiger charge is 2.21. The molecule has 4 nitrogen and oxygen atoms in total. The Morgan fingerprint density at radius 3 is 2.80 bits per heavy atom. The van der Waals surface area contributed by atoms with Crippen LogP contribution in [0.5, 0.6) is 0 Å². The van der Waals surface area contributed by atoms with Crippen molar-refractivity contribution in [2.75, 3.05) is 12.0 Å². The highest BCUT2D eigenvalue weighted by molar-refractivity contribution is 7.99. The summed E-state index contributed by atoms with van der Waals surface area (Å²) in [6, 6.07) is 9.77. The molecule has 0 saturated heterocycles. The van der Waals surface area contributed by atoms with Gasteiger partial charge in [0.05, 0.1) is 5.69 Å². The van der Waals surface area contributed by atoms with Gasteiger partial charge in [0.25, 0.3) is 5.56 Å². The molecule has 2 aromatic rings. The van der Waals surface area contributed by atoms with Crippen LogP contribution in [0.4, 0.5) is 0 Å². The quantitative estimate of drug-likeness (QED) is 0.630. The van der Waals surface area contributed by atoms with Gasteiger partial charge in [0, 0.05) is 22.8 Å². The standard InChI is InChI=1S/C14H11N3OS2/c1-19-10-4-2-9(3-5-10)12-11(8-15)13(18)17-6-7-20-14(17)16-12/h2-5H,6-7H2,1H3. The molecule has 0 spiro atoms. The monoisotopic (exact) mass is 301 g/mol. The molecule has 1 aromatic heterocycles. The summed E-state index contributed by atoms with van der Waals surface area (Å²) in [5, 5.41) is 9.98. The lowest BCUT2D eigenvalue weighted by molar-refractivity contribution is 0.655. The molecule has 3 rings (SSSR count). The van der Waals surface area contributed by atoms with E-state index in [1.807, 2.05) is 36.6 Å². The van der Waals surface area contributed by atoms with Crippen LogP contribution in [-0.4, -0.2) is 21.6 Å². The molecule has 6 heteroatoms. The fraction of sp³-hybridized carbons (Fsp3) is 0.214. The van der Waals surface area contributed by atoms with Crippen LogP contribution in [0.2, 0.25) is 0 Å². The van der Waals surface area contributed by atoms with Crippen molar-refractivity contribution < 1.29 is 0 Å². The van der Waals surface area contributed by atoms with Crippen molar-refractivity contribution in [3.05, 3.63) is 40.2 Å². The van der Waals surface area contributed by atoms with Gasteiger partial charge in [-0.3, -0.25) is 9.36 Å². The summed E-state index contributed by atoms with van der Waals surface area (Å²) in [4.78, 5) is 17.9. The predicted octanol–water partition coefficient (Wildman–Crippen LogP) is 2.61. The average Bonchev–Trinajstić information content (AvgIpc) is 2.96. The van der Waals surface area contributed by atoms with Crippen LogP contribution in [0.15, 0.2) is 39.1 Å². The summed E-state index contributed by atoms with van der Waals surface area (Å²) >= 11 is 3.21. The first kappa shape index (κ1) is 13.3. The first-order valence-electron chi connectivity index (χ1n) is 6.06. The Morgan fingerprint density at radius 1 is 1.40 bits per heavy atom. The molecule has 0 fully saturated rings. The number of benzene rings is 1. The van der Waals surface area contributed by atoms with Gasteiger partial charge in [-0.05, 0) is 18.4 Å². The van der Waals surface area contributed by atoms with Crippen LogP contribution >= 0.6 is 23.5 Å². The minimum atomic E-state index is -0.230. The lowest BCUT2D eigenvalue weighted by atomic mass is 10.1. The Kier molecular flexibility index (Phi) is 3.55. The van der Waals surface area contributed by atoms with Crippen molar-refractivity contribution in [2.45, 2.75) is 16.6 Å². The number of rotatable bonds is 2. The maximum Gasteiger partial charge on any atom is 0.272 e. The largest absolute Gasteiger partial charge is 0.286 e. The maximum absolute atomic E-state index is 12.3. The van der Waals surface area contributed by atoms with Crippen LogP contribution < -0.4 is 5.56 Å². The Labute approximate surface area is 124 Å². The normalized spacial score (nSPS) is 13.0. The maximum atomic E-state index is 12.3. The molecular weight excluding hydrogens is 290 g/mol. The SMILES string of the molecule is CSc1ccc(-c2nc3n(c(=O)c2C#N)CCS3)cc1. The highest BCUT2D eigenvalue weighted by Crippen LogP contribution is 2.28. The van der Waals surface area contributed by atoms with Gasteiger partial charge < -0.3 is 0 Å². The van der Waals surface area contributed by atoms with Crippen LogP contribution in [0, 0.1) is 11.3 Å². The van der Waals surface area contributed by atoms with Crippen LogP contribution in [0.3, 0.4) is 0 Å². The molecule has 0 unspecified atom stereocenters.